The molecule has 0 aromatic carbocycles. The first-order chi connectivity index (χ1) is 11.2. The van der Waals surface area contributed by atoms with Crippen molar-refractivity contribution >= 4 is 22.1 Å². The van der Waals surface area contributed by atoms with E-state index >= 15 is 0 Å². The van der Waals surface area contributed by atoms with Crippen LogP contribution < -0.4 is 6.15 Å². The second kappa shape index (κ2) is 13.1. The Labute approximate surface area is 150 Å². The van der Waals surface area contributed by atoms with Gasteiger partial charge in [-0.1, -0.05) is 71.1 Å². The minimum atomic E-state index is -5.01. The van der Waals surface area contributed by atoms with Crippen molar-refractivity contribution in [1.29, 1.82) is 0 Å². The molecule has 0 amide bonds. The Hall–Kier alpha value is -1.19. The van der Waals surface area contributed by atoms with E-state index < -0.39 is 39.6 Å². The molecule has 8 nitrogen and oxygen atoms in total. The average molecular weight is 384 g/mol. The smallest absolute Gasteiger partial charge is 0.328 e. The predicted molar refractivity (Wildman–Crippen MR) is 95.7 cm³/mol. The Kier molecular flexibility index (Phi) is 13.6. The highest BCUT2D eigenvalue weighted by molar-refractivity contribution is 7.88. The van der Waals surface area contributed by atoms with E-state index in [1.165, 1.54) is 25.7 Å². The van der Waals surface area contributed by atoms with Gasteiger partial charge in [-0.3, -0.25) is 14.1 Å². The summed E-state index contributed by atoms with van der Waals surface area (Å²) in [5, 5.41) is 17.9. The number of carboxylic acids is 2. The summed E-state index contributed by atoms with van der Waals surface area (Å²) in [5.41, 5.74) is 0. The normalized spacial score (nSPS) is 13.7. The second-order valence-electron chi connectivity index (χ2n) is 6.28. The van der Waals surface area contributed by atoms with E-state index in [1.54, 1.807) is 0 Å². The molecule has 0 heterocycles. The fourth-order valence-electron chi connectivity index (χ4n) is 2.74. The molecule has 150 valence electrons. The minimum Gasteiger partial charge on any atom is -0.481 e. The molecule has 0 aliphatic carbocycles. The van der Waals surface area contributed by atoms with Gasteiger partial charge in [-0.05, 0) is 6.42 Å². The summed E-state index contributed by atoms with van der Waals surface area (Å²) in [6.07, 6.45) is 8.27. The topological polar surface area (TPSA) is 164 Å². The largest absolute Gasteiger partial charge is 0.481 e. The lowest BCUT2D eigenvalue weighted by Crippen LogP contribution is -2.48. The highest BCUT2D eigenvalue weighted by atomic mass is 32.2. The molecule has 0 aliphatic rings. The number of rotatable bonds is 15. The maximum atomic E-state index is 11.4. The standard InChI is InChI=1S/C16H30O7S.H3N/c1-2-3-4-5-6-7-8-9-10-11-12-16(15(19)20,13-14(17)18)24(21,22)23;/h2-13H2,1H3,(H,17,18)(H,19,20)(H,21,22,23);1H3. The maximum absolute atomic E-state index is 11.4. The van der Waals surface area contributed by atoms with Gasteiger partial charge >= 0.3 is 11.9 Å². The van der Waals surface area contributed by atoms with Gasteiger partial charge in [-0.2, -0.15) is 8.42 Å². The van der Waals surface area contributed by atoms with E-state index in [2.05, 4.69) is 6.92 Å². The summed E-state index contributed by atoms with van der Waals surface area (Å²) in [4.78, 5) is 22.1. The molecule has 0 bridgehead atoms. The van der Waals surface area contributed by atoms with Crippen LogP contribution in [0.2, 0.25) is 0 Å². The van der Waals surface area contributed by atoms with E-state index in [0.29, 0.717) is 6.42 Å². The third kappa shape index (κ3) is 9.76. The van der Waals surface area contributed by atoms with Crippen LogP contribution in [0.15, 0.2) is 0 Å². The summed E-state index contributed by atoms with van der Waals surface area (Å²) in [7, 11) is -5.01. The molecule has 9 heteroatoms. The predicted octanol–water partition coefficient (Wildman–Crippen LogP) is 3.65. The molecule has 0 radical (unpaired) electrons. The van der Waals surface area contributed by atoms with Gasteiger partial charge in [0.25, 0.3) is 10.1 Å². The average Bonchev–Trinajstić information content (AvgIpc) is 2.46. The Morgan fingerprint density at radius 2 is 1.24 bits per heavy atom. The molecule has 0 rings (SSSR count). The summed E-state index contributed by atoms with van der Waals surface area (Å²) >= 11 is 0. The molecule has 0 fully saturated rings. The molecule has 0 saturated heterocycles. The van der Waals surface area contributed by atoms with Gasteiger partial charge in [0, 0.05) is 0 Å². The molecule has 0 aliphatic heterocycles. The molecule has 0 aromatic rings. The van der Waals surface area contributed by atoms with E-state index in [9.17, 15) is 22.6 Å². The minimum absolute atomic E-state index is 0. The van der Waals surface area contributed by atoms with Crippen molar-refractivity contribution < 1.29 is 32.8 Å². The van der Waals surface area contributed by atoms with Crippen LogP contribution in [0.5, 0.6) is 0 Å². The first-order valence-electron chi connectivity index (χ1n) is 8.59. The van der Waals surface area contributed by atoms with Gasteiger partial charge in [0.15, 0.2) is 0 Å². The third-order valence-corrected chi connectivity index (χ3v) is 5.77. The first-order valence-corrected chi connectivity index (χ1v) is 10.0. The highest BCUT2D eigenvalue weighted by Gasteiger charge is 2.51. The van der Waals surface area contributed by atoms with Crippen molar-refractivity contribution in [3.63, 3.8) is 0 Å². The van der Waals surface area contributed by atoms with Crippen molar-refractivity contribution in [1.82, 2.24) is 6.15 Å². The van der Waals surface area contributed by atoms with Gasteiger partial charge < -0.3 is 16.4 Å². The van der Waals surface area contributed by atoms with Gasteiger partial charge in [0.1, 0.15) is 0 Å². The lowest BCUT2D eigenvalue weighted by atomic mass is 9.96. The molecule has 0 saturated carbocycles. The third-order valence-electron chi connectivity index (χ3n) is 4.25. The first kappa shape index (κ1) is 26.0. The Morgan fingerprint density at radius 3 is 1.56 bits per heavy atom. The zero-order valence-electron chi connectivity index (χ0n) is 15.1. The number of hydrogen-bond acceptors (Lipinski definition) is 5. The quantitative estimate of drug-likeness (QED) is 0.246. The number of hydrogen-bond donors (Lipinski definition) is 4. The SMILES string of the molecule is CCCCCCCCCCCCC(CC(=O)O)(C(=O)O)S(=O)(=O)O.N. The van der Waals surface area contributed by atoms with E-state index in [-0.39, 0.29) is 12.6 Å². The molecule has 0 aromatic heterocycles. The number of carboxylic acid groups (broad SMARTS) is 2. The van der Waals surface area contributed by atoms with E-state index in [1.807, 2.05) is 0 Å². The van der Waals surface area contributed by atoms with E-state index in [4.69, 9.17) is 10.2 Å². The zero-order valence-corrected chi connectivity index (χ0v) is 15.9. The van der Waals surface area contributed by atoms with Crippen molar-refractivity contribution in [2.75, 3.05) is 0 Å². The zero-order chi connectivity index (χ0) is 18.6. The molecule has 25 heavy (non-hydrogen) atoms. The van der Waals surface area contributed by atoms with Crippen LogP contribution in [-0.2, 0) is 19.7 Å². The molecule has 1 unspecified atom stereocenters. The fraction of sp³-hybridized carbons (Fsp3) is 0.875. The van der Waals surface area contributed by atoms with Crippen molar-refractivity contribution in [2.24, 2.45) is 0 Å². The Morgan fingerprint density at radius 1 is 0.840 bits per heavy atom. The van der Waals surface area contributed by atoms with Crippen molar-refractivity contribution in [2.45, 2.75) is 88.7 Å². The van der Waals surface area contributed by atoms with Crippen LogP contribution in [0.3, 0.4) is 0 Å². The lowest BCUT2D eigenvalue weighted by molar-refractivity contribution is -0.147. The lowest BCUT2D eigenvalue weighted by Gasteiger charge is -2.24. The van der Waals surface area contributed by atoms with Crippen molar-refractivity contribution in [3.8, 4) is 0 Å². The van der Waals surface area contributed by atoms with Gasteiger partial charge in [-0.25, -0.2) is 0 Å². The van der Waals surface area contributed by atoms with Crippen molar-refractivity contribution in [3.05, 3.63) is 0 Å². The van der Waals surface area contributed by atoms with Crippen LogP contribution in [0.25, 0.3) is 0 Å². The molecule has 0 spiro atoms. The summed E-state index contributed by atoms with van der Waals surface area (Å²) < 4.78 is 29.4. The Balaban J connectivity index is 0. The summed E-state index contributed by atoms with van der Waals surface area (Å²) in [6.45, 7) is 2.16. The molecular weight excluding hydrogens is 350 g/mol. The number of unbranched alkanes of at least 4 members (excludes halogenated alkanes) is 9. The van der Waals surface area contributed by atoms with Crippen LogP contribution >= 0.6 is 0 Å². The summed E-state index contributed by atoms with van der Waals surface area (Å²) in [5.74, 6) is -3.38. The van der Waals surface area contributed by atoms with Crippen LogP contribution in [0, 0.1) is 0 Å². The summed E-state index contributed by atoms with van der Waals surface area (Å²) in [6, 6.07) is 0. The molecule has 1 atom stereocenters. The molecule has 6 N–H and O–H groups in total. The fourth-order valence-corrected chi connectivity index (χ4v) is 3.67. The number of aliphatic carboxylic acids is 2. The highest BCUT2D eigenvalue weighted by Crippen LogP contribution is 2.29. The van der Waals surface area contributed by atoms with Gasteiger partial charge in [-0.15, -0.1) is 0 Å². The van der Waals surface area contributed by atoms with Crippen LogP contribution in [-0.4, -0.2) is 39.9 Å². The van der Waals surface area contributed by atoms with E-state index in [0.717, 1.165) is 25.7 Å². The van der Waals surface area contributed by atoms with Crippen LogP contribution in [0.1, 0.15) is 84.0 Å². The Bertz CT molecular complexity index is 493. The second-order valence-corrected chi connectivity index (χ2v) is 8.01. The van der Waals surface area contributed by atoms with Gasteiger partial charge in [0.05, 0.1) is 6.42 Å². The maximum Gasteiger partial charge on any atom is 0.328 e. The van der Waals surface area contributed by atoms with Gasteiger partial charge in [0.2, 0.25) is 4.75 Å². The number of carbonyl (C=O) groups is 2. The monoisotopic (exact) mass is 383 g/mol. The molecular formula is C16H33NO7S. The van der Waals surface area contributed by atoms with Crippen LogP contribution in [0.4, 0.5) is 0 Å².